The van der Waals surface area contributed by atoms with Gasteiger partial charge in [0.25, 0.3) is 5.91 Å². The van der Waals surface area contributed by atoms with Crippen LogP contribution in [0.4, 0.5) is 4.79 Å². The highest BCUT2D eigenvalue weighted by Gasteiger charge is 2.49. The predicted octanol–water partition coefficient (Wildman–Crippen LogP) is 3.81. The first-order chi connectivity index (χ1) is 12.1. The molecule has 0 aliphatic carbocycles. The highest BCUT2D eigenvalue weighted by atomic mass is 16.2. The normalized spacial score (nSPS) is 20.1. The molecule has 0 unspecified atom stereocenters. The van der Waals surface area contributed by atoms with Gasteiger partial charge in [0.1, 0.15) is 5.54 Å². The van der Waals surface area contributed by atoms with Gasteiger partial charge in [0, 0.05) is 0 Å². The number of nitrogens with one attached hydrogen (secondary N) is 1. The zero-order chi connectivity index (χ0) is 17.4. The Morgan fingerprint density at radius 2 is 1.56 bits per heavy atom. The Bertz CT molecular complexity index is 963. The smallest absolute Gasteiger partial charge is 0.319 e. The van der Waals surface area contributed by atoms with Crippen molar-refractivity contribution in [2.75, 3.05) is 0 Å². The molecular weight excluding hydrogens is 312 g/mol. The minimum Gasteiger partial charge on any atom is -0.319 e. The number of nitrogens with zero attached hydrogens (tertiary/aromatic N) is 1. The summed E-state index contributed by atoms with van der Waals surface area (Å²) in [5.74, 6) is -0.224. The molecule has 3 aromatic rings. The van der Waals surface area contributed by atoms with E-state index in [9.17, 15) is 9.59 Å². The summed E-state index contributed by atoms with van der Waals surface area (Å²) in [6.07, 6.45) is 0. The van der Waals surface area contributed by atoms with Crippen molar-refractivity contribution < 1.29 is 9.59 Å². The fourth-order valence-corrected chi connectivity index (χ4v) is 3.45. The van der Waals surface area contributed by atoms with Gasteiger partial charge in [-0.3, -0.25) is 9.69 Å². The Morgan fingerprint density at radius 1 is 0.880 bits per heavy atom. The van der Waals surface area contributed by atoms with Crippen LogP contribution in [0, 0.1) is 0 Å². The minimum absolute atomic E-state index is 0.224. The molecule has 1 fully saturated rings. The summed E-state index contributed by atoms with van der Waals surface area (Å²) in [6.45, 7) is 2.05. The Balaban J connectivity index is 1.75. The van der Waals surface area contributed by atoms with Crippen LogP contribution in [0.3, 0.4) is 0 Å². The quantitative estimate of drug-likeness (QED) is 0.743. The average Bonchev–Trinajstić information content (AvgIpc) is 2.86. The molecule has 1 N–H and O–H groups in total. The first kappa shape index (κ1) is 15.4. The van der Waals surface area contributed by atoms with Crippen LogP contribution in [0.2, 0.25) is 0 Å². The number of fused-ring (bicyclic) bond motifs is 1. The summed E-state index contributed by atoms with van der Waals surface area (Å²) in [6, 6.07) is 22.9. The topological polar surface area (TPSA) is 49.4 Å². The second kappa shape index (κ2) is 5.74. The molecule has 4 rings (SSSR count). The van der Waals surface area contributed by atoms with Crippen LogP contribution in [0.5, 0.6) is 0 Å². The lowest BCUT2D eigenvalue weighted by molar-refractivity contribution is -0.131. The largest absolute Gasteiger partial charge is 0.325 e. The van der Waals surface area contributed by atoms with Crippen LogP contribution in [0.1, 0.15) is 18.1 Å². The van der Waals surface area contributed by atoms with Gasteiger partial charge in [-0.25, -0.2) is 4.79 Å². The molecule has 1 heterocycles. The lowest BCUT2D eigenvalue weighted by atomic mass is 9.88. The lowest BCUT2D eigenvalue weighted by Crippen LogP contribution is -2.41. The van der Waals surface area contributed by atoms with Crippen LogP contribution < -0.4 is 5.32 Å². The van der Waals surface area contributed by atoms with E-state index in [1.807, 2.05) is 72.8 Å². The number of carbonyl (C=O) groups is 2. The molecule has 124 valence electrons. The molecule has 25 heavy (non-hydrogen) atoms. The van der Waals surface area contributed by atoms with Gasteiger partial charge in [0.2, 0.25) is 0 Å². The molecule has 0 spiro atoms. The van der Waals surface area contributed by atoms with E-state index >= 15 is 0 Å². The van der Waals surface area contributed by atoms with Crippen molar-refractivity contribution in [2.24, 2.45) is 0 Å². The minimum atomic E-state index is -1.06. The van der Waals surface area contributed by atoms with Gasteiger partial charge in [0.15, 0.2) is 0 Å². The SMILES string of the molecule is C[C@@]1(c2cccc3ccccc23)NC(=O)N(Cc2ccccc2)C1=O. The summed E-state index contributed by atoms with van der Waals surface area (Å²) in [5.41, 5.74) is 0.680. The van der Waals surface area contributed by atoms with Crippen LogP contribution in [0.25, 0.3) is 10.8 Å². The van der Waals surface area contributed by atoms with Crippen molar-refractivity contribution in [1.82, 2.24) is 10.2 Å². The number of hydrogen-bond donors (Lipinski definition) is 1. The molecule has 4 nitrogen and oxygen atoms in total. The molecule has 1 aliphatic heterocycles. The van der Waals surface area contributed by atoms with Gasteiger partial charge in [-0.05, 0) is 28.8 Å². The second-order valence-corrected chi connectivity index (χ2v) is 6.46. The summed E-state index contributed by atoms with van der Waals surface area (Å²) in [4.78, 5) is 26.9. The zero-order valence-corrected chi connectivity index (χ0v) is 13.9. The molecular formula is C21H18N2O2. The van der Waals surface area contributed by atoms with Gasteiger partial charge in [-0.15, -0.1) is 0 Å². The molecule has 1 atom stereocenters. The molecule has 1 saturated heterocycles. The van der Waals surface area contributed by atoms with Crippen LogP contribution in [-0.2, 0) is 16.9 Å². The summed E-state index contributed by atoms with van der Waals surface area (Å²) in [7, 11) is 0. The Hall–Kier alpha value is -3.14. The van der Waals surface area contributed by atoms with E-state index in [-0.39, 0.29) is 18.5 Å². The van der Waals surface area contributed by atoms with Gasteiger partial charge in [-0.1, -0.05) is 72.8 Å². The molecule has 0 radical (unpaired) electrons. The number of hydrogen-bond acceptors (Lipinski definition) is 2. The Morgan fingerprint density at radius 3 is 2.36 bits per heavy atom. The Labute approximate surface area is 146 Å². The van der Waals surface area contributed by atoms with E-state index in [2.05, 4.69) is 5.32 Å². The van der Waals surface area contributed by atoms with Gasteiger partial charge >= 0.3 is 6.03 Å². The van der Waals surface area contributed by atoms with Crippen LogP contribution in [0.15, 0.2) is 72.8 Å². The third-order valence-electron chi connectivity index (χ3n) is 4.79. The first-order valence-corrected chi connectivity index (χ1v) is 8.26. The standard InChI is InChI=1S/C21H18N2O2/c1-21(18-13-7-11-16-10-5-6-12-17(16)18)19(24)23(20(25)22-21)14-15-8-3-2-4-9-15/h2-13H,14H2,1H3,(H,22,25)/t21-/m0/s1. The van der Waals surface area contributed by atoms with Gasteiger partial charge in [-0.2, -0.15) is 0 Å². The third kappa shape index (κ3) is 2.47. The number of rotatable bonds is 3. The van der Waals surface area contributed by atoms with Crippen molar-refractivity contribution >= 4 is 22.7 Å². The summed E-state index contributed by atoms with van der Waals surface area (Å²) >= 11 is 0. The van der Waals surface area contributed by atoms with E-state index in [4.69, 9.17) is 0 Å². The first-order valence-electron chi connectivity index (χ1n) is 8.26. The monoisotopic (exact) mass is 330 g/mol. The van der Waals surface area contributed by atoms with Crippen molar-refractivity contribution in [2.45, 2.75) is 19.0 Å². The predicted molar refractivity (Wildman–Crippen MR) is 96.8 cm³/mol. The van der Waals surface area contributed by atoms with Crippen molar-refractivity contribution in [3.05, 3.63) is 83.9 Å². The molecule has 4 heteroatoms. The maximum atomic E-state index is 13.1. The molecule has 3 amide bonds. The lowest BCUT2D eigenvalue weighted by Gasteiger charge is -2.24. The van der Waals surface area contributed by atoms with Crippen molar-refractivity contribution in [3.63, 3.8) is 0 Å². The number of carbonyl (C=O) groups excluding carboxylic acids is 2. The van der Waals surface area contributed by atoms with E-state index in [0.29, 0.717) is 0 Å². The highest BCUT2D eigenvalue weighted by molar-refractivity contribution is 6.09. The maximum absolute atomic E-state index is 13.1. The van der Waals surface area contributed by atoms with Crippen LogP contribution >= 0.6 is 0 Å². The third-order valence-corrected chi connectivity index (χ3v) is 4.79. The van der Waals surface area contributed by atoms with Crippen molar-refractivity contribution in [1.29, 1.82) is 0 Å². The molecule has 1 aliphatic rings. The zero-order valence-electron chi connectivity index (χ0n) is 13.9. The van der Waals surface area contributed by atoms with E-state index in [1.54, 1.807) is 6.92 Å². The molecule has 0 aromatic heterocycles. The maximum Gasteiger partial charge on any atom is 0.325 e. The number of urea groups is 1. The number of imide groups is 1. The van der Waals surface area contributed by atoms with Crippen LogP contribution in [-0.4, -0.2) is 16.8 Å². The van der Waals surface area contributed by atoms with E-state index in [0.717, 1.165) is 21.9 Å². The summed E-state index contributed by atoms with van der Waals surface area (Å²) < 4.78 is 0. The highest BCUT2D eigenvalue weighted by Crippen LogP contribution is 2.34. The number of amides is 3. The van der Waals surface area contributed by atoms with Crippen molar-refractivity contribution in [3.8, 4) is 0 Å². The van der Waals surface area contributed by atoms with E-state index < -0.39 is 5.54 Å². The summed E-state index contributed by atoms with van der Waals surface area (Å²) in [5, 5.41) is 4.92. The average molecular weight is 330 g/mol. The second-order valence-electron chi connectivity index (χ2n) is 6.46. The fraction of sp³-hybridized carbons (Fsp3) is 0.143. The van der Waals surface area contributed by atoms with Gasteiger partial charge < -0.3 is 5.32 Å². The fourth-order valence-electron chi connectivity index (χ4n) is 3.45. The van der Waals surface area contributed by atoms with E-state index in [1.165, 1.54) is 4.90 Å². The molecule has 0 saturated carbocycles. The Kier molecular flexibility index (Phi) is 3.53. The molecule has 0 bridgehead atoms. The number of benzene rings is 3. The van der Waals surface area contributed by atoms with Gasteiger partial charge in [0.05, 0.1) is 6.54 Å². The molecule has 3 aromatic carbocycles.